The Hall–Kier alpha value is -2.45. The monoisotopic (exact) mass is 382 g/mol. The van der Waals surface area contributed by atoms with Gasteiger partial charge in [-0.05, 0) is 36.4 Å². The second-order valence-corrected chi connectivity index (χ2v) is 7.86. The van der Waals surface area contributed by atoms with E-state index in [1.54, 1.807) is 0 Å². The topological polar surface area (TPSA) is 95.8 Å². The van der Waals surface area contributed by atoms with Gasteiger partial charge < -0.3 is 5.11 Å². The third-order valence-electron chi connectivity index (χ3n) is 3.71. The van der Waals surface area contributed by atoms with Crippen LogP contribution in [-0.4, -0.2) is 31.0 Å². The highest BCUT2D eigenvalue weighted by molar-refractivity contribution is 7.91. The first-order chi connectivity index (χ1) is 11.8. The molecular weight excluding hydrogens is 371 g/mol. The Balaban J connectivity index is 1.97. The van der Waals surface area contributed by atoms with E-state index in [2.05, 4.69) is 10.5 Å². The van der Waals surface area contributed by atoms with Crippen LogP contribution in [-0.2, 0) is 9.84 Å². The number of carboxylic acid groups (broad SMARTS) is 1. The molecule has 2 aromatic rings. The molecule has 0 atom stereocenters. The van der Waals surface area contributed by atoms with Crippen molar-refractivity contribution in [1.82, 2.24) is 0 Å². The Morgan fingerprint density at radius 1 is 1.24 bits per heavy atom. The molecular formula is C16H12ClFN2O4S. The summed E-state index contributed by atoms with van der Waals surface area (Å²) >= 11 is 5.80. The van der Waals surface area contributed by atoms with Crippen LogP contribution in [0.4, 0.5) is 10.1 Å². The lowest BCUT2D eigenvalue weighted by atomic mass is 10.1. The second-order valence-electron chi connectivity index (χ2n) is 5.38. The first-order valence-electron chi connectivity index (χ1n) is 7.16. The molecule has 0 amide bonds. The van der Waals surface area contributed by atoms with Crippen LogP contribution in [0, 0.1) is 5.82 Å². The van der Waals surface area contributed by atoms with Crippen LogP contribution in [0.25, 0.3) is 0 Å². The van der Waals surface area contributed by atoms with Crippen molar-refractivity contribution in [2.75, 3.05) is 11.2 Å². The van der Waals surface area contributed by atoms with Crippen molar-refractivity contribution in [2.24, 2.45) is 5.10 Å². The maximum Gasteiger partial charge on any atom is 0.337 e. The zero-order valence-electron chi connectivity index (χ0n) is 12.7. The number of hydrogen-bond acceptors (Lipinski definition) is 5. The number of aromatic carboxylic acids is 1. The molecule has 2 aromatic carbocycles. The van der Waals surface area contributed by atoms with Crippen LogP contribution >= 0.6 is 11.6 Å². The Bertz CT molecular complexity index is 1010. The summed E-state index contributed by atoms with van der Waals surface area (Å²) < 4.78 is 37.7. The zero-order valence-corrected chi connectivity index (χ0v) is 14.2. The molecule has 9 heteroatoms. The Labute approximate surface area is 147 Å². The molecule has 2 N–H and O–H groups in total. The highest BCUT2D eigenvalue weighted by Gasteiger charge is 2.28. The Morgan fingerprint density at radius 3 is 2.72 bits per heavy atom. The van der Waals surface area contributed by atoms with E-state index in [1.807, 2.05) is 0 Å². The SMILES string of the molecule is O=C(O)c1cc(NN=C2CCS(=O)(=O)c3ccc(F)cc32)ccc1Cl. The normalized spacial score (nSPS) is 17.1. The smallest absolute Gasteiger partial charge is 0.337 e. The van der Waals surface area contributed by atoms with Crippen molar-refractivity contribution >= 4 is 38.8 Å². The molecule has 1 aliphatic rings. The van der Waals surface area contributed by atoms with Crippen molar-refractivity contribution in [1.29, 1.82) is 0 Å². The van der Waals surface area contributed by atoms with Gasteiger partial charge in [0.05, 0.1) is 32.6 Å². The zero-order chi connectivity index (χ0) is 18.2. The van der Waals surface area contributed by atoms with E-state index in [0.29, 0.717) is 11.4 Å². The summed E-state index contributed by atoms with van der Waals surface area (Å²) in [5.74, 6) is -1.88. The fraction of sp³-hybridized carbons (Fsp3) is 0.125. The summed E-state index contributed by atoms with van der Waals surface area (Å²) in [5.41, 5.74) is 3.51. The maximum absolute atomic E-state index is 13.5. The maximum atomic E-state index is 13.5. The van der Waals surface area contributed by atoms with E-state index in [9.17, 15) is 17.6 Å². The summed E-state index contributed by atoms with van der Waals surface area (Å²) in [6.45, 7) is 0. The van der Waals surface area contributed by atoms with Crippen LogP contribution in [0.1, 0.15) is 22.3 Å². The molecule has 0 radical (unpaired) electrons. The van der Waals surface area contributed by atoms with Gasteiger partial charge in [-0.3, -0.25) is 5.43 Å². The summed E-state index contributed by atoms with van der Waals surface area (Å²) in [4.78, 5) is 11.1. The molecule has 0 aromatic heterocycles. The minimum atomic E-state index is -3.47. The highest BCUT2D eigenvalue weighted by Crippen LogP contribution is 2.27. The molecule has 0 aliphatic carbocycles. The molecule has 0 saturated heterocycles. The Morgan fingerprint density at radius 2 is 2.00 bits per heavy atom. The number of benzene rings is 2. The molecule has 0 bridgehead atoms. The number of sulfone groups is 1. The lowest BCUT2D eigenvalue weighted by Gasteiger charge is -2.18. The molecule has 6 nitrogen and oxygen atoms in total. The number of nitrogens with zero attached hydrogens (tertiary/aromatic N) is 1. The van der Waals surface area contributed by atoms with Gasteiger partial charge in [0.2, 0.25) is 0 Å². The van der Waals surface area contributed by atoms with E-state index < -0.39 is 21.6 Å². The summed E-state index contributed by atoms with van der Waals surface area (Å²) in [6.07, 6.45) is 0.116. The predicted molar refractivity (Wildman–Crippen MR) is 91.6 cm³/mol. The summed E-state index contributed by atoms with van der Waals surface area (Å²) in [5, 5.41) is 13.3. The lowest BCUT2D eigenvalue weighted by molar-refractivity contribution is 0.0697. The van der Waals surface area contributed by atoms with Gasteiger partial charge in [-0.2, -0.15) is 5.10 Å². The van der Waals surface area contributed by atoms with Crippen LogP contribution in [0.15, 0.2) is 46.4 Å². The second kappa shape index (κ2) is 6.45. The minimum absolute atomic E-state index is 0.0306. The van der Waals surface area contributed by atoms with E-state index >= 15 is 0 Å². The number of carboxylic acids is 1. The molecule has 3 rings (SSSR count). The molecule has 0 unspecified atom stereocenters. The van der Waals surface area contributed by atoms with Gasteiger partial charge in [0.25, 0.3) is 0 Å². The molecule has 25 heavy (non-hydrogen) atoms. The van der Waals surface area contributed by atoms with Gasteiger partial charge in [0.15, 0.2) is 9.84 Å². The fourth-order valence-corrected chi connectivity index (χ4v) is 4.15. The van der Waals surface area contributed by atoms with Gasteiger partial charge in [-0.25, -0.2) is 17.6 Å². The molecule has 0 saturated carbocycles. The van der Waals surface area contributed by atoms with Gasteiger partial charge in [-0.1, -0.05) is 11.6 Å². The van der Waals surface area contributed by atoms with E-state index in [1.165, 1.54) is 24.3 Å². The summed E-state index contributed by atoms with van der Waals surface area (Å²) in [6, 6.07) is 7.68. The van der Waals surface area contributed by atoms with Crippen molar-refractivity contribution in [2.45, 2.75) is 11.3 Å². The van der Waals surface area contributed by atoms with Crippen molar-refractivity contribution < 1.29 is 22.7 Å². The highest BCUT2D eigenvalue weighted by atomic mass is 35.5. The van der Waals surface area contributed by atoms with Crippen LogP contribution in [0.5, 0.6) is 0 Å². The molecule has 0 fully saturated rings. The third kappa shape index (κ3) is 3.49. The van der Waals surface area contributed by atoms with Gasteiger partial charge in [0.1, 0.15) is 5.82 Å². The lowest BCUT2D eigenvalue weighted by Crippen LogP contribution is -2.23. The number of nitrogens with one attached hydrogen (secondary N) is 1. The largest absolute Gasteiger partial charge is 0.478 e. The molecule has 130 valence electrons. The number of anilines is 1. The van der Waals surface area contributed by atoms with Gasteiger partial charge >= 0.3 is 5.97 Å². The molecule has 1 aliphatic heterocycles. The fourth-order valence-electron chi connectivity index (χ4n) is 2.48. The van der Waals surface area contributed by atoms with Gasteiger partial charge in [-0.15, -0.1) is 0 Å². The number of halogens is 2. The average Bonchev–Trinajstić information content (AvgIpc) is 2.55. The first kappa shape index (κ1) is 17.4. The predicted octanol–water partition coefficient (Wildman–Crippen LogP) is 3.17. The number of hydrogen-bond donors (Lipinski definition) is 2. The average molecular weight is 383 g/mol. The van der Waals surface area contributed by atoms with Crippen molar-refractivity contribution in [3.8, 4) is 0 Å². The van der Waals surface area contributed by atoms with E-state index in [0.717, 1.165) is 12.1 Å². The number of fused-ring (bicyclic) bond motifs is 1. The first-order valence-corrected chi connectivity index (χ1v) is 9.19. The number of hydrazone groups is 1. The van der Waals surface area contributed by atoms with Crippen molar-refractivity contribution in [3.05, 3.63) is 58.4 Å². The quantitative estimate of drug-likeness (QED) is 0.628. The van der Waals surface area contributed by atoms with Crippen LogP contribution in [0.2, 0.25) is 5.02 Å². The molecule has 1 heterocycles. The molecule has 0 spiro atoms. The summed E-state index contributed by atoms with van der Waals surface area (Å²) in [7, 11) is -3.47. The van der Waals surface area contributed by atoms with Crippen LogP contribution in [0.3, 0.4) is 0 Å². The van der Waals surface area contributed by atoms with Crippen LogP contribution < -0.4 is 5.43 Å². The van der Waals surface area contributed by atoms with Gasteiger partial charge in [0, 0.05) is 12.0 Å². The van der Waals surface area contributed by atoms with Crippen molar-refractivity contribution in [3.63, 3.8) is 0 Å². The third-order valence-corrected chi connectivity index (χ3v) is 5.81. The standard InChI is InChI=1S/C16H12ClFN2O4S/c17-13-3-2-10(8-11(13)16(21)22)19-20-14-5-6-25(23,24)15-4-1-9(18)7-12(14)15/h1-4,7-8,19H,5-6H2,(H,21,22). The minimum Gasteiger partial charge on any atom is -0.478 e. The van der Waals surface area contributed by atoms with E-state index in [-0.39, 0.29) is 33.2 Å². The Kier molecular flexibility index (Phi) is 4.49. The van der Waals surface area contributed by atoms with E-state index in [4.69, 9.17) is 16.7 Å². The number of carbonyl (C=O) groups is 1. The number of rotatable bonds is 3.